The van der Waals surface area contributed by atoms with Gasteiger partial charge in [0.2, 0.25) is 0 Å². The van der Waals surface area contributed by atoms with Crippen molar-refractivity contribution in [2.24, 2.45) is 13.0 Å². The summed E-state index contributed by atoms with van der Waals surface area (Å²) < 4.78 is 1.77. The Labute approximate surface area is 104 Å². The van der Waals surface area contributed by atoms with Gasteiger partial charge in [-0.25, -0.2) is 4.98 Å². The van der Waals surface area contributed by atoms with Gasteiger partial charge in [0.1, 0.15) is 5.69 Å². The van der Waals surface area contributed by atoms with Crippen LogP contribution in [0, 0.1) is 5.92 Å². The minimum atomic E-state index is 0.0800. The molecule has 1 amide bonds. The van der Waals surface area contributed by atoms with E-state index < -0.39 is 0 Å². The summed E-state index contributed by atoms with van der Waals surface area (Å²) in [7, 11) is 1.85. The number of carbonyl (C=O) groups excluding carboxylic acids is 1. The molecule has 1 aliphatic heterocycles. The third kappa shape index (κ3) is 2.14. The van der Waals surface area contributed by atoms with Crippen molar-refractivity contribution < 1.29 is 4.79 Å². The molecule has 1 aromatic rings. The second-order valence-electron chi connectivity index (χ2n) is 4.42. The van der Waals surface area contributed by atoms with Crippen molar-refractivity contribution in [2.75, 3.05) is 13.1 Å². The molecule has 16 heavy (non-hydrogen) atoms. The molecule has 1 saturated heterocycles. The third-order valence-electron chi connectivity index (χ3n) is 3.19. The van der Waals surface area contributed by atoms with Gasteiger partial charge in [-0.05, 0) is 12.3 Å². The highest BCUT2D eigenvalue weighted by atomic mass is 79.9. The summed E-state index contributed by atoms with van der Waals surface area (Å²) in [6, 6.07) is 0. The Hall–Kier alpha value is -0.840. The fourth-order valence-corrected chi connectivity index (χ4v) is 2.55. The van der Waals surface area contributed by atoms with E-state index in [0.717, 1.165) is 19.5 Å². The van der Waals surface area contributed by atoms with Crippen LogP contribution in [-0.2, 0) is 7.05 Å². The summed E-state index contributed by atoms with van der Waals surface area (Å²) in [6.45, 7) is 3.84. The molecule has 4 nitrogen and oxygen atoms in total. The van der Waals surface area contributed by atoms with E-state index in [0.29, 0.717) is 16.4 Å². The third-order valence-corrected chi connectivity index (χ3v) is 4.38. The first-order valence-electron chi connectivity index (χ1n) is 5.49. The lowest BCUT2D eigenvalue weighted by Gasteiger charge is -2.34. The summed E-state index contributed by atoms with van der Waals surface area (Å²) in [5, 5.41) is 0. The molecule has 2 heterocycles. The molecule has 0 aliphatic carbocycles. The minimum Gasteiger partial charge on any atom is -0.336 e. The number of aryl methyl sites for hydroxylation is 1. The first-order valence-corrected chi connectivity index (χ1v) is 6.41. The van der Waals surface area contributed by atoms with Crippen LogP contribution in [0.15, 0.2) is 12.5 Å². The lowest BCUT2D eigenvalue weighted by atomic mass is 9.99. The van der Waals surface area contributed by atoms with Gasteiger partial charge in [0.15, 0.2) is 0 Å². The number of likely N-dealkylation sites (tertiary alicyclic amines) is 1. The molecule has 2 rings (SSSR count). The molecular formula is C11H16BrN3O. The zero-order valence-electron chi connectivity index (χ0n) is 9.56. The van der Waals surface area contributed by atoms with Crippen molar-refractivity contribution in [2.45, 2.75) is 18.2 Å². The molecule has 5 heteroatoms. The number of rotatable bonds is 1. The molecule has 2 atom stereocenters. The van der Waals surface area contributed by atoms with Gasteiger partial charge >= 0.3 is 0 Å². The second kappa shape index (κ2) is 4.57. The van der Waals surface area contributed by atoms with Crippen molar-refractivity contribution in [1.29, 1.82) is 0 Å². The fraction of sp³-hybridized carbons (Fsp3) is 0.636. The van der Waals surface area contributed by atoms with Crippen molar-refractivity contribution in [3.8, 4) is 0 Å². The molecule has 0 N–H and O–H groups in total. The number of nitrogens with zero attached hydrogens (tertiary/aromatic N) is 3. The number of imidazole rings is 1. The Kier molecular flexibility index (Phi) is 3.33. The van der Waals surface area contributed by atoms with E-state index in [1.165, 1.54) is 0 Å². The predicted molar refractivity (Wildman–Crippen MR) is 65.6 cm³/mol. The average molecular weight is 286 g/mol. The van der Waals surface area contributed by atoms with Crippen LogP contribution in [-0.4, -0.2) is 38.3 Å². The molecule has 1 fully saturated rings. The smallest absolute Gasteiger partial charge is 0.272 e. The van der Waals surface area contributed by atoms with Gasteiger partial charge in [0.05, 0.1) is 12.5 Å². The Morgan fingerprint density at radius 1 is 1.62 bits per heavy atom. The van der Waals surface area contributed by atoms with Crippen LogP contribution in [0.2, 0.25) is 0 Å². The maximum Gasteiger partial charge on any atom is 0.272 e. The number of alkyl halides is 1. The number of hydrogen-bond acceptors (Lipinski definition) is 2. The van der Waals surface area contributed by atoms with E-state index in [2.05, 4.69) is 27.8 Å². The van der Waals surface area contributed by atoms with E-state index in [-0.39, 0.29) is 5.91 Å². The number of carbonyl (C=O) groups is 1. The Morgan fingerprint density at radius 3 is 2.94 bits per heavy atom. The number of halogens is 1. The highest BCUT2D eigenvalue weighted by molar-refractivity contribution is 9.09. The molecule has 2 unspecified atom stereocenters. The van der Waals surface area contributed by atoms with Crippen LogP contribution in [0.5, 0.6) is 0 Å². The summed E-state index contributed by atoms with van der Waals surface area (Å²) >= 11 is 3.63. The topological polar surface area (TPSA) is 38.1 Å². The van der Waals surface area contributed by atoms with Gasteiger partial charge in [0, 0.05) is 25.0 Å². The average Bonchev–Trinajstić information content (AvgIpc) is 2.67. The van der Waals surface area contributed by atoms with Gasteiger partial charge in [-0.1, -0.05) is 22.9 Å². The van der Waals surface area contributed by atoms with Crippen LogP contribution in [0.25, 0.3) is 0 Å². The quantitative estimate of drug-likeness (QED) is 0.736. The highest BCUT2D eigenvalue weighted by Crippen LogP contribution is 2.24. The SMILES string of the molecule is CC1CCN(C(=O)c2cncn2C)CC1Br. The van der Waals surface area contributed by atoms with E-state index in [4.69, 9.17) is 0 Å². The van der Waals surface area contributed by atoms with Crippen LogP contribution < -0.4 is 0 Å². The summed E-state index contributed by atoms with van der Waals surface area (Å²) in [5.74, 6) is 0.715. The largest absolute Gasteiger partial charge is 0.336 e. The van der Waals surface area contributed by atoms with E-state index >= 15 is 0 Å². The Morgan fingerprint density at radius 2 is 2.38 bits per heavy atom. The van der Waals surface area contributed by atoms with Crippen LogP contribution in [0.4, 0.5) is 0 Å². The van der Waals surface area contributed by atoms with E-state index in [1.807, 2.05) is 11.9 Å². The second-order valence-corrected chi connectivity index (χ2v) is 5.60. The maximum atomic E-state index is 12.2. The van der Waals surface area contributed by atoms with Gasteiger partial charge in [0.25, 0.3) is 5.91 Å². The van der Waals surface area contributed by atoms with Crippen LogP contribution in [0.1, 0.15) is 23.8 Å². The first kappa shape index (κ1) is 11.6. The molecule has 0 radical (unpaired) electrons. The van der Waals surface area contributed by atoms with Crippen LogP contribution in [0.3, 0.4) is 0 Å². The molecular weight excluding hydrogens is 270 g/mol. The standard InChI is InChI=1S/C11H16BrN3O/c1-8-3-4-15(6-9(8)12)11(16)10-5-13-7-14(10)2/h5,7-9H,3-4,6H2,1-2H3. The molecule has 1 aromatic heterocycles. The normalized spacial score (nSPS) is 25.8. The van der Waals surface area contributed by atoms with E-state index in [1.54, 1.807) is 17.1 Å². The lowest BCUT2D eigenvalue weighted by molar-refractivity contribution is 0.0696. The fourth-order valence-electron chi connectivity index (χ4n) is 1.93. The number of piperidine rings is 1. The Balaban J connectivity index is 2.09. The summed E-state index contributed by atoms with van der Waals surface area (Å²) in [4.78, 5) is 18.5. The van der Waals surface area contributed by atoms with Gasteiger partial charge in [-0.3, -0.25) is 4.79 Å². The van der Waals surface area contributed by atoms with Crippen molar-refractivity contribution in [1.82, 2.24) is 14.5 Å². The van der Waals surface area contributed by atoms with Crippen LogP contribution >= 0.6 is 15.9 Å². The Bertz CT molecular complexity index is 390. The molecule has 1 aliphatic rings. The van der Waals surface area contributed by atoms with Gasteiger partial charge < -0.3 is 9.47 Å². The minimum absolute atomic E-state index is 0.0800. The van der Waals surface area contributed by atoms with Gasteiger partial charge in [-0.15, -0.1) is 0 Å². The molecule has 0 bridgehead atoms. The summed E-state index contributed by atoms with van der Waals surface area (Å²) in [6.07, 6.45) is 4.34. The van der Waals surface area contributed by atoms with E-state index in [9.17, 15) is 4.79 Å². The van der Waals surface area contributed by atoms with Crippen molar-refractivity contribution >= 4 is 21.8 Å². The monoisotopic (exact) mass is 285 g/mol. The zero-order valence-corrected chi connectivity index (χ0v) is 11.1. The summed E-state index contributed by atoms with van der Waals surface area (Å²) in [5.41, 5.74) is 0.661. The molecule has 88 valence electrons. The molecule has 0 spiro atoms. The number of hydrogen-bond donors (Lipinski definition) is 0. The number of amides is 1. The lowest BCUT2D eigenvalue weighted by Crippen LogP contribution is -2.44. The zero-order chi connectivity index (χ0) is 11.7. The van der Waals surface area contributed by atoms with Crippen molar-refractivity contribution in [3.05, 3.63) is 18.2 Å². The molecule has 0 saturated carbocycles. The predicted octanol–water partition coefficient (Wildman–Crippen LogP) is 1.67. The highest BCUT2D eigenvalue weighted by Gasteiger charge is 2.28. The number of aromatic nitrogens is 2. The molecule has 0 aromatic carbocycles. The van der Waals surface area contributed by atoms with Gasteiger partial charge in [-0.2, -0.15) is 0 Å². The first-order chi connectivity index (χ1) is 7.59. The maximum absolute atomic E-state index is 12.2. The van der Waals surface area contributed by atoms with Crippen molar-refractivity contribution in [3.63, 3.8) is 0 Å².